The molecule has 2 aliphatic heterocycles. The van der Waals surface area contributed by atoms with Crippen molar-refractivity contribution in [2.75, 3.05) is 0 Å². The summed E-state index contributed by atoms with van der Waals surface area (Å²) in [6, 6.07) is 0. The Labute approximate surface area is 206 Å². The fourth-order valence-corrected chi connectivity index (χ4v) is 6.22. The van der Waals surface area contributed by atoms with Gasteiger partial charge in [-0.2, -0.15) is 105 Å². The smallest absolute Gasteiger partial charge is 0.241 e. The summed E-state index contributed by atoms with van der Waals surface area (Å²) in [5.41, 5.74) is -34.0. The molecule has 41 heavy (non-hydrogen) atoms. The zero-order valence-corrected chi connectivity index (χ0v) is 17.9. The molecule has 0 N–H and O–H groups in total. The van der Waals surface area contributed by atoms with Crippen molar-refractivity contribution in [1.29, 1.82) is 0 Å². The highest BCUT2D eigenvalue weighted by atomic mass is 32.3. The predicted octanol–water partition coefficient (Wildman–Crippen LogP) is 8.00. The number of rotatable bonds is 0. The lowest BCUT2D eigenvalue weighted by molar-refractivity contribution is -0.464. The van der Waals surface area contributed by atoms with E-state index < -0.39 is 83.0 Å². The van der Waals surface area contributed by atoms with E-state index in [-0.39, 0.29) is 0 Å². The molecule has 0 bridgehead atoms. The molecule has 0 radical (unpaired) electrons. The zero-order valence-electron chi connectivity index (χ0n) is 17.1. The third-order valence-corrected chi connectivity index (χ3v) is 6.91. The molecule has 0 unspecified atom stereocenters. The standard InChI is InChI=1S/C12F24O4S/c13-5(14,15)1(6(16,17)18)2(7(19,20)21,8(22,23)24)38-41(37-1)39-3(9(25,26)27,10(28,29)30)4(40-41,11(31,32)33)12(34,35)36. The molecular formula is C12F24O4S. The van der Waals surface area contributed by atoms with Gasteiger partial charge in [-0.05, 0) is 0 Å². The summed E-state index contributed by atoms with van der Waals surface area (Å²) >= 11 is -8.78. The molecule has 2 aliphatic rings. The van der Waals surface area contributed by atoms with E-state index in [0.717, 1.165) is 0 Å². The summed E-state index contributed by atoms with van der Waals surface area (Å²) in [5.74, 6) is 0. The first-order chi connectivity index (χ1) is 17.3. The second-order valence-corrected chi connectivity index (χ2v) is 8.93. The van der Waals surface area contributed by atoms with E-state index in [1.165, 1.54) is 0 Å². The fraction of sp³-hybridized carbons (Fsp3) is 1.00. The highest BCUT2D eigenvalue weighted by Gasteiger charge is 3.07. The van der Waals surface area contributed by atoms with E-state index in [0.29, 0.717) is 0 Å². The number of hydrogen-bond donors (Lipinski definition) is 0. The number of halogens is 24. The van der Waals surface area contributed by atoms with Crippen molar-refractivity contribution in [2.45, 2.75) is 71.8 Å². The molecule has 1 spiro atoms. The van der Waals surface area contributed by atoms with Crippen molar-refractivity contribution in [3.8, 4) is 0 Å². The summed E-state index contributed by atoms with van der Waals surface area (Å²) in [6.45, 7) is 0. The molecule has 0 saturated carbocycles. The van der Waals surface area contributed by atoms with Gasteiger partial charge in [-0.15, -0.1) is 0 Å². The van der Waals surface area contributed by atoms with Crippen LogP contribution in [0.15, 0.2) is 0 Å². The fourth-order valence-electron chi connectivity index (χ4n) is 3.57. The summed E-state index contributed by atoms with van der Waals surface area (Å²) in [6.07, 6.45) is -68.1. The molecule has 0 aromatic carbocycles. The Hall–Kier alpha value is -1.49. The van der Waals surface area contributed by atoms with Gasteiger partial charge in [-0.1, -0.05) is 0 Å². The second kappa shape index (κ2) is 8.36. The summed E-state index contributed by atoms with van der Waals surface area (Å²) in [4.78, 5) is 0. The summed E-state index contributed by atoms with van der Waals surface area (Å²) in [7, 11) is 0. The van der Waals surface area contributed by atoms with E-state index in [1.54, 1.807) is 0 Å². The minimum Gasteiger partial charge on any atom is -0.241 e. The van der Waals surface area contributed by atoms with Crippen molar-refractivity contribution < 1.29 is 122 Å². The topological polar surface area (TPSA) is 36.9 Å². The molecule has 2 saturated heterocycles. The Kier molecular flexibility index (Phi) is 7.28. The molecule has 246 valence electrons. The van der Waals surface area contributed by atoms with Crippen LogP contribution in [0.5, 0.6) is 0 Å². The van der Waals surface area contributed by atoms with Crippen LogP contribution in [-0.2, 0) is 16.7 Å². The Balaban J connectivity index is 3.35. The molecule has 0 aliphatic carbocycles. The monoisotopic (exact) mass is 696 g/mol. The van der Waals surface area contributed by atoms with Gasteiger partial charge >= 0.3 is 71.8 Å². The van der Waals surface area contributed by atoms with Gasteiger partial charge in [0.25, 0.3) is 0 Å². The SMILES string of the molecule is FC(F)(F)C1(C(F)(F)F)OS2(OC1(C(F)(F)F)C(F)(F)F)OC(C(F)(F)F)(C(F)(F)F)C(C(F)(F)F)(C(F)(F)F)O2. The molecule has 4 nitrogen and oxygen atoms in total. The molecule has 2 heterocycles. The Morgan fingerprint density at radius 2 is 0.341 bits per heavy atom. The maximum atomic E-state index is 13.5. The summed E-state index contributed by atoms with van der Waals surface area (Å²) in [5, 5.41) is 0. The van der Waals surface area contributed by atoms with Gasteiger partial charge in [0.2, 0.25) is 11.2 Å². The van der Waals surface area contributed by atoms with Crippen LogP contribution >= 0.6 is 11.2 Å². The van der Waals surface area contributed by atoms with Crippen LogP contribution in [0.1, 0.15) is 0 Å². The third-order valence-electron chi connectivity index (χ3n) is 5.09. The van der Waals surface area contributed by atoms with Gasteiger partial charge in [0.15, 0.2) is 0 Å². The van der Waals surface area contributed by atoms with Crippen molar-refractivity contribution in [3.63, 3.8) is 0 Å². The average molecular weight is 696 g/mol. The van der Waals surface area contributed by atoms with Crippen molar-refractivity contribution in [2.24, 2.45) is 0 Å². The molecule has 0 amide bonds. The quantitative estimate of drug-likeness (QED) is 0.241. The maximum Gasteiger partial charge on any atom is 0.431 e. The molecule has 0 aromatic heterocycles. The maximum absolute atomic E-state index is 13.5. The highest BCUT2D eigenvalue weighted by Crippen LogP contribution is 2.86. The molecule has 2 rings (SSSR count). The molecule has 0 atom stereocenters. The van der Waals surface area contributed by atoms with E-state index in [1.807, 2.05) is 0 Å². The van der Waals surface area contributed by atoms with Crippen LogP contribution in [0.25, 0.3) is 0 Å². The molecule has 29 heteroatoms. The van der Waals surface area contributed by atoms with Crippen LogP contribution in [0.3, 0.4) is 0 Å². The molecule has 2 fully saturated rings. The molecular weight excluding hydrogens is 696 g/mol. The number of hydrogen-bond acceptors (Lipinski definition) is 4. The Morgan fingerprint density at radius 3 is 0.415 bits per heavy atom. The van der Waals surface area contributed by atoms with Crippen LogP contribution in [0.2, 0.25) is 0 Å². The Morgan fingerprint density at radius 1 is 0.244 bits per heavy atom. The third kappa shape index (κ3) is 4.06. The van der Waals surface area contributed by atoms with E-state index in [4.69, 9.17) is 0 Å². The summed E-state index contributed by atoms with van der Waals surface area (Å²) < 4.78 is 333. The van der Waals surface area contributed by atoms with E-state index in [2.05, 4.69) is 16.7 Å². The van der Waals surface area contributed by atoms with Gasteiger partial charge < -0.3 is 0 Å². The van der Waals surface area contributed by atoms with Crippen molar-refractivity contribution in [1.82, 2.24) is 0 Å². The lowest BCUT2D eigenvalue weighted by atomic mass is 9.79. The largest absolute Gasteiger partial charge is 0.431 e. The molecule has 0 aromatic rings. The lowest BCUT2D eigenvalue weighted by Crippen LogP contribution is -2.79. The Bertz CT molecular complexity index is 794. The van der Waals surface area contributed by atoms with Crippen molar-refractivity contribution in [3.05, 3.63) is 0 Å². The normalized spacial score (nSPS) is 26.0. The second-order valence-electron chi connectivity index (χ2n) is 7.45. The first-order valence-electron chi connectivity index (χ1n) is 8.52. The van der Waals surface area contributed by atoms with E-state index in [9.17, 15) is 105 Å². The van der Waals surface area contributed by atoms with Crippen LogP contribution in [0.4, 0.5) is 105 Å². The lowest BCUT2D eigenvalue weighted by Gasteiger charge is -2.43. The predicted molar refractivity (Wildman–Crippen MR) is 71.3 cm³/mol. The van der Waals surface area contributed by atoms with Crippen LogP contribution in [-0.4, -0.2) is 71.8 Å². The first kappa shape index (κ1) is 35.7. The first-order valence-corrected chi connectivity index (χ1v) is 9.85. The van der Waals surface area contributed by atoms with Gasteiger partial charge in [0, 0.05) is 0 Å². The van der Waals surface area contributed by atoms with Crippen LogP contribution in [0, 0.1) is 0 Å². The highest BCUT2D eigenvalue weighted by molar-refractivity contribution is 8.18. The van der Waals surface area contributed by atoms with E-state index >= 15 is 0 Å². The average Bonchev–Trinajstić information content (AvgIpc) is 3.12. The van der Waals surface area contributed by atoms with Gasteiger partial charge in [-0.25, -0.2) is 16.7 Å². The zero-order chi connectivity index (χ0) is 33.3. The van der Waals surface area contributed by atoms with Gasteiger partial charge in [0.05, 0.1) is 0 Å². The minimum absolute atomic E-state index is 2.11. The van der Waals surface area contributed by atoms with Gasteiger partial charge in [-0.3, -0.25) is 0 Å². The van der Waals surface area contributed by atoms with Crippen LogP contribution < -0.4 is 0 Å². The number of alkyl halides is 24. The van der Waals surface area contributed by atoms with Gasteiger partial charge in [0.1, 0.15) is 0 Å². The van der Waals surface area contributed by atoms with Crippen molar-refractivity contribution >= 4 is 11.2 Å². The minimum atomic E-state index is -8.78.